The van der Waals surface area contributed by atoms with Gasteiger partial charge < -0.3 is 20.4 Å². The van der Waals surface area contributed by atoms with Crippen molar-refractivity contribution < 1.29 is 22.8 Å². The number of amides is 3. The summed E-state index contributed by atoms with van der Waals surface area (Å²) >= 11 is 0. The number of anilines is 2. The number of hydrogen-bond acceptors (Lipinski definition) is 4. The summed E-state index contributed by atoms with van der Waals surface area (Å²) in [6.07, 6.45) is -3.00. The number of nitrogens with zero attached hydrogens (tertiary/aromatic N) is 3. The molecule has 0 bridgehead atoms. The van der Waals surface area contributed by atoms with E-state index in [9.17, 15) is 22.8 Å². The van der Waals surface area contributed by atoms with E-state index in [4.69, 9.17) is 0 Å². The zero-order valence-electron chi connectivity index (χ0n) is 16.9. The minimum absolute atomic E-state index is 0.0357. The average Bonchev–Trinajstić information content (AvgIpc) is 2.72. The highest BCUT2D eigenvalue weighted by atomic mass is 19.4. The van der Waals surface area contributed by atoms with Crippen molar-refractivity contribution in [1.29, 1.82) is 0 Å². The first kappa shape index (κ1) is 21.0. The summed E-state index contributed by atoms with van der Waals surface area (Å²) in [6.45, 7) is 1.84. The third-order valence-electron chi connectivity index (χ3n) is 5.66. The Morgan fingerprint density at radius 3 is 2.55 bits per heavy atom. The number of nitrogens with one attached hydrogen (secondary N) is 2. The number of benzene rings is 1. The SMILES string of the molecule is CNC(=O)N1CC(C(=O)N2CCc3c(cccc3Nc3ccc(C(F)(F)F)cn3)C2)C1. The van der Waals surface area contributed by atoms with Crippen molar-refractivity contribution in [2.45, 2.75) is 19.1 Å². The summed E-state index contributed by atoms with van der Waals surface area (Å²) in [5, 5.41) is 5.64. The Hall–Kier alpha value is -3.30. The first-order valence-corrected chi connectivity index (χ1v) is 9.92. The highest BCUT2D eigenvalue weighted by molar-refractivity contribution is 5.84. The summed E-state index contributed by atoms with van der Waals surface area (Å²) in [4.78, 5) is 31.6. The second kappa shape index (κ2) is 8.09. The Kier molecular flexibility index (Phi) is 5.47. The lowest BCUT2D eigenvalue weighted by molar-refractivity contribution is -0.140. The van der Waals surface area contributed by atoms with Crippen LogP contribution in [0.3, 0.4) is 0 Å². The second-order valence-electron chi connectivity index (χ2n) is 7.66. The molecule has 2 N–H and O–H groups in total. The number of alkyl halides is 3. The van der Waals surface area contributed by atoms with Crippen molar-refractivity contribution in [1.82, 2.24) is 20.1 Å². The van der Waals surface area contributed by atoms with Gasteiger partial charge in [-0.3, -0.25) is 4.79 Å². The number of hydrogen-bond donors (Lipinski definition) is 2. The first-order chi connectivity index (χ1) is 14.8. The molecule has 164 valence electrons. The maximum atomic E-state index is 12.8. The van der Waals surface area contributed by atoms with Gasteiger partial charge in [0.15, 0.2) is 0 Å². The fourth-order valence-electron chi connectivity index (χ4n) is 3.91. The molecular formula is C21H22F3N5O2. The van der Waals surface area contributed by atoms with Gasteiger partial charge in [0.2, 0.25) is 5.91 Å². The van der Waals surface area contributed by atoms with Gasteiger partial charge in [-0.25, -0.2) is 9.78 Å². The molecule has 0 spiro atoms. The second-order valence-corrected chi connectivity index (χ2v) is 7.66. The average molecular weight is 433 g/mol. The monoisotopic (exact) mass is 433 g/mol. The van der Waals surface area contributed by atoms with Gasteiger partial charge in [0.25, 0.3) is 0 Å². The molecule has 10 heteroatoms. The predicted molar refractivity (Wildman–Crippen MR) is 108 cm³/mol. The normalized spacial score (nSPS) is 16.4. The van der Waals surface area contributed by atoms with Crippen LogP contribution in [-0.4, -0.2) is 53.4 Å². The first-order valence-electron chi connectivity index (χ1n) is 9.92. The van der Waals surface area contributed by atoms with Crippen molar-refractivity contribution in [3.05, 3.63) is 53.2 Å². The van der Waals surface area contributed by atoms with Crippen LogP contribution < -0.4 is 10.6 Å². The number of pyridine rings is 1. The van der Waals surface area contributed by atoms with E-state index in [1.807, 2.05) is 18.2 Å². The zero-order valence-corrected chi connectivity index (χ0v) is 16.9. The van der Waals surface area contributed by atoms with Crippen LogP contribution in [0.4, 0.5) is 29.5 Å². The maximum Gasteiger partial charge on any atom is 0.417 e. The molecule has 2 aliphatic heterocycles. The van der Waals surface area contributed by atoms with E-state index in [1.54, 1.807) is 16.8 Å². The predicted octanol–water partition coefficient (Wildman–Crippen LogP) is 3.00. The van der Waals surface area contributed by atoms with Crippen LogP contribution in [0.15, 0.2) is 36.5 Å². The molecule has 1 aromatic carbocycles. The van der Waals surface area contributed by atoms with Gasteiger partial charge in [-0.2, -0.15) is 13.2 Å². The number of aromatic nitrogens is 1. The van der Waals surface area contributed by atoms with E-state index in [2.05, 4.69) is 15.6 Å². The van der Waals surface area contributed by atoms with Crippen LogP contribution in [-0.2, 0) is 23.9 Å². The van der Waals surface area contributed by atoms with Gasteiger partial charge in [0, 0.05) is 45.1 Å². The lowest BCUT2D eigenvalue weighted by Crippen LogP contribution is -2.58. The van der Waals surface area contributed by atoms with Crippen LogP contribution in [0.1, 0.15) is 16.7 Å². The molecule has 3 heterocycles. The molecule has 3 amide bonds. The molecule has 0 saturated carbocycles. The van der Waals surface area contributed by atoms with E-state index < -0.39 is 11.7 Å². The fraction of sp³-hybridized carbons (Fsp3) is 0.381. The molecule has 0 radical (unpaired) electrons. The molecule has 1 aromatic heterocycles. The van der Waals surface area contributed by atoms with Gasteiger partial charge in [-0.1, -0.05) is 12.1 Å². The fourth-order valence-corrected chi connectivity index (χ4v) is 3.91. The standard InChI is InChI=1S/C21H22F3N5O2/c1-25-20(31)29-11-14(12-29)19(30)28-8-7-16-13(10-28)3-2-4-17(16)27-18-6-5-15(9-26-18)21(22,23)24/h2-6,9,14H,7-8,10-12H2,1H3,(H,25,31)(H,26,27). The van der Waals surface area contributed by atoms with Crippen LogP contribution in [0.5, 0.6) is 0 Å². The quantitative estimate of drug-likeness (QED) is 0.780. The van der Waals surface area contributed by atoms with Crippen LogP contribution >= 0.6 is 0 Å². The third-order valence-corrected chi connectivity index (χ3v) is 5.66. The van der Waals surface area contributed by atoms with Crippen LogP contribution in [0.25, 0.3) is 0 Å². The molecular weight excluding hydrogens is 411 g/mol. The maximum absolute atomic E-state index is 12.8. The summed E-state index contributed by atoms with van der Waals surface area (Å²) in [5.74, 6) is 0.175. The molecule has 1 saturated heterocycles. The number of halogens is 3. The highest BCUT2D eigenvalue weighted by Crippen LogP contribution is 2.32. The van der Waals surface area contributed by atoms with Crippen molar-refractivity contribution in [3.8, 4) is 0 Å². The Morgan fingerprint density at radius 1 is 1.13 bits per heavy atom. The highest BCUT2D eigenvalue weighted by Gasteiger charge is 2.38. The Morgan fingerprint density at radius 2 is 1.90 bits per heavy atom. The summed E-state index contributed by atoms with van der Waals surface area (Å²) in [5.41, 5.74) is 1.98. The number of likely N-dealkylation sites (tertiary alicyclic amines) is 1. The van der Waals surface area contributed by atoms with Crippen LogP contribution in [0.2, 0.25) is 0 Å². The van der Waals surface area contributed by atoms with Crippen LogP contribution in [0, 0.1) is 5.92 Å². The third kappa shape index (κ3) is 4.28. The van der Waals surface area contributed by atoms with Crippen molar-refractivity contribution in [2.24, 2.45) is 5.92 Å². The van der Waals surface area contributed by atoms with E-state index >= 15 is 0 Å². The summed E-state index contributed by atoms with van der Waals surface area (Å²) in [6, 6.07) is 7.75. The number of rotatable bonds is 3. The Labute approximate surface area is 177 Å². The summed E-state index contributed by atoms with van der Waals surface area (Å²) in [7, 11) is 1.56. The van der Waals surface area contributed by atoms with Gasteiger partial charge in [0.05, 0.1) is 11.5 Å². The Balaban J connectivity index is 1.42. The molecule has 2 aromatic rings. The van der Waals surface area contributed by atoms with E-state index in [0.717, 1.165) is 29.1 Å². The van der Waals surface area contributed by atoms with Crippen molar-refractivity contribution >= 4 is 23.4 Å². The number of fused-ring (bicyclic) bond motifs is 1. The minimum Gasteiger partial charge on any atom is -0.341 e. The van der Waals surface area contributed by atoms with Gasteiger partial charge >= 0.3 is 12.2 Å². The summed E-state index contributed by atoms with van der Waals surface area (Å²) < 4.78 is 38.2. The van der Waals surface area contributed by atoms with E-state index in [-0.39, 0.29) is 17.9 Å². The molecule has 0 unspecified atom stereocenters. The number of carbonyl (C=O) groups is 2. The van der Waals surface area contributed by atoms with Gasteiger partial charge in [-0.05, 0) is 35.7 Å². The lowest BCUT2D eigenvalue weighted by atomic mass is 9.94. The van der Waals surface area contributed by atoms with E-state index in [1.165, 1.54) is 6.07 Å². The number of carbonyl (C=O) groups excluding carboxylic acids is 2. The Bertz CT molecular complexity index is 987. The smallest absolute Gasteiger partial charge is 0.341 e. The molecule has 31 heavy (non-hydrogen) atoms. The topological polar surface area (TPSA) is 77.6 Å². The van der Waals surface area contributed by atoms with Crippen molar-refractivity contribution in [2.75, 3.05) is 32.0 Å². The molecule has 0 aliphatic carbocycles. The minimum atomic E-state index is -4.43. The molecule has 7 nitrogen and oxygen atoms in total. The molecule has 0 atom stereocenters. The van der Waals surface area contributed by atoms with Gasteiger partial charge in [-0.15, -0.1) is 0 Å². The van der Waals surface area contributed by atoms with Gasteiger partial charge in [0.1, 0.15) is 5.82 Å². The molecule has 4 rings (SSSR count). The lowest BCUT2D eigenvalue weighted by Gasteiger charge is -2.41. The number of urea groups is 1. The molecule has 2 aliphatic rings. The van der Waals surface area contributed by atoms with Crippen molar-refractivity contribution in [3.63, 3.8) is 0 Å². The zero-order chi connectivity index (χ0) is 22.2. The largest absolute Gasteiger partial charge is 0.417 e. The van der Waals surface area contributed by atoms with E-state index in [0.29, 0.717) is 38.4 Å². The molecule has 1 fully saturated rings.